The van der Waals surface area contributed by atoms with Crippen LogP contribution in [0.1, 0.15) is 22.3 Å². The van der Waals surface area contributed by atoms with Gasteiger partial charge in [0.15, 0.2) is 0 Å². The lowest BCUT2D eigenvalue weighted by Gasteiger charge is -2.07. The number of hydrazone groups is 1. The van der Waals surface area contributed by atoms with Crippen LogP contribution in [0, 0.1) is 19.7 Å². The maximum atomic E-state index is 13.6. The van der Waals surface area contributed by atoms with E-state index in [1.165, 1.54) is 12.3 Å². The monoisotopic (exact) mass is 419 g/mol. The Labute approximate surface area is 179 Å². The summed E-state index contributed by atoms with van der Waals surface area (Å²) >= 11 is 0. The molecule has 3 rings (SSSR count). The summed E-state index contributed by atoms with van der Waals surface area (Å²) in [6.07, 6.45) is 1.40. The molecule has 2 N–H and O–H groups in total. The van der Waals surface area contributed by atoms with Crippen molar-refractivity contribution in [2.24, 2.45) is 5.10 Å². The summed E-state index contributed by atoms with van der Waals surface area (Å²) < 4.78 is 19.2. The van der Waals surface area contributed by atoms with Crippen LogP contribution in [0.25, 0.3) is 0 Å². The van der Waals surface area contributed by atoms with Crippen LogP contribution in [0.5, 0.6) is 5.75 Å². The van der Waals surface area contributed by atoms with E-state index in [1.807, 2.05) is 19.9 Å². The summed E-state index contributed by atoms with van der Waals surface area (Å²) in [7, 11) is 0. The van der Waals surface area contributed by atoms with Crippen molar-refractivity contribution < 1.29 is 18.7 Å². The highest BCUT2D eigenvalue weighted by Gasteiger charge is 2.13. The number of anilines is 1. The Bertz CT molecular complexity index is 1110. The molecule has 0 saturated heterocycles. The molecule has 0 bridgehead atoms. The van der Waals surface area contributed by atoms with Gasteiger partial charge in [0, 0.05) is 11.3 Å². The zero-order valence-corrected chi connectivity index (χ0v) is 17.2. The van der Waals surface area contributed by atoms with E-state index in [2.05, 4.69) is 15.8 Å². The molecule has 0 saturated carbocycles. The molecule has 7 heteroatoms. The lowest BCUT2D eigenvalue weighted by Crippen LogP contribution is -2.32. The summed E-state index contributed by atoms with van der Waals surface area (Å²) in [4.78, 5) is 23.9. The predicted molar refractivity (Wildman–Crippen MR) is 117 cm³/mol. The van der Waals surface area contributed by atoms with Gasteiger partial charge in [-0.25, -0.2) is 9.82 Å². The predicted octanol–water partition coefficient (Wildman–Crippen LogP) is 4.11. The van der Waals surface area contributed by atoms with Gasteiger partial charge in [-0.1, -0.05) is 24.3 Å². The Kier molecular flexibility index (Phi) is 7.11. The van der Waals surface area contributed by atoms with E-state index in [1.54, 1.807) is 54.6 Å². The molecule has 6 nitrogen and oxygen atoms in total. The lowest BCUT2D eigenvalue weighted by atomic mass is 10.1. The minimum absolute atomic E-state index is 0.117. The molecule has 0 aliphatic rings. The van der Waals surface area contributed by atoms with Crippen LogP contribution in [0.15, 0.2) is 71.8 Å². The van der Waals surface area contributed by atoms with Gasteiger partial charge in [-0.2, -0.15) is 5.10 Å². The lowest BCUT2D eigenvalue weighted by molar-refractivity contribution is -0.136. The highest BCUT2D eigenvalue weighted by Crippen LogP contribution is 2.15. The van der Waals surface area contributed by atoms with Crippen molar-refractivity contribution in [2.45, 2.75) is 20.5 Å². The van der Waals surface area contributed by atoms with Crippen LogP contribution in [0.2, 0.25) is 0 Å². The first-order chi connectivity index (χ1) is 14.9. The largest absolute Gasteiger partial charge is 0.489 e. The summed E-state index contributed by atoms with van der Waals surface area (Å²) in [6.45, 7) is 4.00. The Hall–Kier alpha value is -4.00. The fraction of sp³-hybridized carbons (Fsp3) is 0.125. The van der Waals surface area contributed by atoms with E-state index < -0.39 is 11.8 Å². The van der Waals surface area contributed by atoms with Crippen molar-refractivity contribution in [1.82, 2.24) is 5.43 Å². The molecule has 31 heavy (non-hydrogen) atoms. The smallest absolute Gasteiger partial charge is 0.329 e. The molecule has 0 radical (unpaired) electrons. The van der Waals surface area contributed by atoms with Crippen LogP contribution in [0.4, 0.5) is 10.1 Å². The molecule has 0 spiro atoms. The molecule has 3 aromatic rings. The zero-order valence-electron chi connectivity index (χ0n) is 17.2. The molecular formula is C24H22FN3O3. The number of amides is 2. The number of carbonyl (C=O) groups excluding carboxylic acids is 2. The number of aryl methyl sites for hydroxylation is 2. The second-order valence-corrected chi connectivity index (χ2v) is 6.90. The number of nitrogens with zero attached hydrogens (tertiary/aromatic N) is 1. The Morgan fingerprint density at radius 3 is 2.42 bits per heavy atom. The van der Waals surface area contributed by atoms with E-state index in [4.69, 9.17) is 4.74 Å². The maximum Gasteiger partial charge on any atom is 0.329 e. The molecule has 0 aromatic heterocycles. The second kappa shape index (κ2) is 10.2. The average Bonchev–Trinajstić information content (AvgIpc) is 2.76. The topological polar surface area (TPSA) is 79.8 Å². The van der Waals surface area contributed by atoms with Gasteiger partial charge in [0.1, 0.15) is 18.2 Å². The van der Waals surface area contributed by atoms with E-state index >= 15 is 0 Å². The number of hydrogen-bond donors (Lipinski definition) is 2. The van der Waals surface area contributed by atoms with Crippen molar-refractivity contribution >= 4 is 23.7 Å². The van der Waals surface area contributed by atoms with Crippen LogP contribution >= 0.6 is 0 Å². The minimum atomic E-state index is -0.876. The molecule has 0 aliphatic carbocycles. The Morgan fingerprint density at radius 1 is 0.968 bits per heavy atom. The second-order valence-electron chi connectivity index (χ2n) is 6.90. The van der Waals surface area contributed by atoms with Crippen molar-refractivity contribution in [3.05, 3.63) is 94.8 Å². The SMILES string of the molecule is Cc1ccc(NC(=O)C(=O)N/N=C\c2ccc(OCc3ccccc3F)cc2)cc1C. The standard InChI is InChI=1S/C24H22FN3O3/c1-16-7-10-20(13-17(16)2)27-23(29)24(30)28-26-14-18-8-11-21(12-9-18)31-15-19-5-3-4-6-22(19)25/h3-14H,15H2,1-2H3,(H,27,29)(H,28,30)/b26-14-. The zero-order chi connectivity index (χ0) is 22.2. The van der Waals surface area contributed by atoms with Crippen LogP contribution < -0.4 is 15.5 Å². The summed E-state index contributed by atoms with van der Waals surface area (Å²) in [5.41, 5.74) is 5.99. The highest BCUT2D eigenvalue weighted by molar-refractivity contribution is 6.39. The number of benzene rings is 3. The third-order valence-electron chi connectivity index (χ3n) is 4.58. The highest BCUT2D eigenvalue weighted by atomic mass is 19.1. The number of hydrogen-bond acceptors (Lipinski definition) is 4. The Morgan fingerprint density at radius 2 is 1.71 bits per heavy atom. The average molecular weight is 419 g/mol. The molecule has 2 amide bonds. The first kappa shape index (κ1) is 21.7. The van der Waals surface area contributed by atoms with E-state index in [0.717, 1.165) is 11.1 Å². The van der Waals surface area contributed by atoms with E-state index in [0.29, 0.717) is 22.6 Å². The van der Waals surface area contributed by atoms with E-state index in [9.17, 15) is 14.0 Å². The van der Waals surface area contributed by atoms with Crippen molar-refractivity contribution in [2.75, 3.05) is 5.32 Å². The number of rotatable bonds is 6. The third-order valence-corrected chi connectivity index (χ3v) is 4.58. The summed E-state index contributed by atoms with van der Waals surface area (Å²) in [5.74, 6) is -1.43. The minimum Gasteiger partial charge on any atom is -0.489 e. The molecule has 0 heterocycles. The van der Waals surface area contributed by atoms with Gasteiger partial charge in [-0.05, 0) is 73.0 Å². The fourth-order valence-corrected chi connectivity index (χ4v) is 2.65. The van der Waals surface area contributed by atoms with Gasteiger partial charge in [-0.3, -0.25) is 9.59 Å². The van der Waals surface area contributed by atoms with Crippen molar-refractivity contribution in [3.8, 4) is 5.75 Å². The first-order valence-corrected chi connectivity index (χ1v) is 9.60. The van der Waals surface area contributed by atoms with Crippen LogP contribution in [-0.2, 0) is 16.2 Å². The maximum absolute atomic E-state index is 13.6. The molecule has 0 fully saturated rings. The van der Waals surface area contributed by atoms with Gasteiger partial charge >= 0.3 is 11.8 Å². The van der Waals surface area contributed by atoms with Crippen LogP contribution in [0.3, 0.4) is 0 Å². The molecule has 0 unspecified atom stereocenters. The van der Waals surface area contributed by atoms with Gasteiger partial charge in [0.05, 0.1) is 6.21 Å². The molecule has 0 aliphatic heterocycles. The number of carbonyl (C=O) groups is 2. The third kappa shape index (κ3) is 6.24. The molecule has 3 aromatic carbocycles. The molecule has 158 valence electrons. The number of nitrogens with one attached hydrogen (secondary N) is 2. The van der Waals surface area contributed by atoms with Crippen molar-refractivity contribution in [3.63, 3.8) is 0 Å². The quantitative estimate of drug-likeness (QED) is 0.359. The normalized spacial score (nSPS) is 10.7. The number of halogens is 1. The summed E-state index contributed by atoms with van der Waals surface area (Å²) in [5, 5.41) is 6.32. The fourth-order valence-electron chi connectivity index (χ4n) is 2.65. The van der Waals surface area contributed by atoms with Gasteiger partial charge in [-0.15, -0.1) is 0 Å². The molecular weight excluding hydrogens is 397 g/mol. The van der Waals surface area contributed by atoms with Crippen molar-refractivity contribution in [1.29, 1.82) is 0 Å². The van der Waals surface area contributed by atoms with Crippen LogP contribution in [-0.4, -0.2) is 18.0 Å². The summed E-state index contributed by atoms with van der Waals surface area (Å²) in [6, 6.07) is 18.7. The Balaban J connectivity index is 1.48. The van der Waals surface area contributed by atoms with Gasteiger partial charge in [0.25, 0.3) is 0 Å². The number of ether oxygens (including phenoxy) is 1. The molecule has 0 atom stereocenters. The first-order valence-electron chi connectivity index (χ1n) is 9.60. The van der Waals surface area contributed by atoms with Gasteiger partial charge in [0.2, 0.25) is 0 Å². The van der Waals surface area contributed by atoms with Gasteiger partial charge < -0.3 is 10.1 Å². The van der Waals surface area contributed by atoms with E-state index in [-0.39, 0.29) is 12.4 Å².